The molecule has 0 aliphatic rings. The third-order valence-corrected chi connectivity index (χ3v) is 4.16. The van der Waals surface area contributed by atoms with Crippen LogP contribution in [0.4, 0.5) is 5.69 Å². The smallest absolute Gasteiger partial charge is 0.269 e. The van der Waals surface area contributed by atoms with Crippen molar-refractivity contribution in [3.05, 3.63) is 58.1 Å². The fraction of sp³-hybridized carbons (Fsp3) is 0.250. The van der Waals surface area contributed by atoms with Crippen LogP contribution >= 0.6 is 11.6 Å². The van der Waals surface area contributed by atoms with E-state index in [9.17, 15) is 9.59 Å². The number of rotatable bonds is 7. The van der Waals surface area contributed by atoms with E-state index in [4.69, 9.17) is 21.6 Å². The molecule has 148 valence electrons. The quantitative estimate of drug-likeness (QED) is 0.486. The number of halogens is 1. The molecule has 7 nitrogen and oxygen atoms in total. The molecule has 2 aromatic carbocycles. The average molecular weight is 403 g/mol. The summed E-state index contributed by atoms with van der Waals surface area (Å²) in [7, 11) is 1.54. The Kier molecular flexibility index (Phi) is 9.94. The Morgan fingerprint density at radius 1 is 1.25 bits per heavy atom. The summed E-state index contributed by atoms with van der Waals surface area (Å²) in [6.07, 6.45) is 1.46. The largest absolute Gasteiger partial charge is 0.497 e. The molecule has 2 aromatic rings. The molecule has 0 aliphatic heterocycles. The van der Waals surface area contributed by atoms with Gasteiger partial charge < -0.3 is 10.1 Å². The lowest BCUT2D eigenvalue weighted by Gasteiger charge is -2.10. The van der Waals surface area contributed by atoms with Crippen molar-refractivity contribution in [3.8, 4) is 11.8 Å². The van der Waals surface area contributed by atoms with Gasteiger partial charge in [0.05, 0.1) is 17.7 Å². The molecule has 8 heteroatoms. The van der Waals surface area contributed by atoms with E-state index in [1.165, 1.54) is 0 Å². The molecule has 2 amide bonds. The zero-order valence-electron chi connectivity index (χ0n) is 16.0. The Morgan fingerprint density at radius 3 is 2.46 bits per heavy atom. The van der Waals surface area contributed by atoms with Crippen LogP contribution in [0.1, 0.15) is 34.8 Å². The normalized spacial score (nSPS) is 9.25. The van der Waals surface area contributed by atoms with Crippen LogP contribution in [0, 0.1) is 18.3 Å². The number of hydrogen-bond donors (Lipinski definition) is 3. The first kappa shape index (κ1) is 22.8. The first-order valence-electron chi connectivity index (χ1n) is 8.55. The second-order valence-corrected chi connectivity index (χ2v) is 5.96. The molecule has 0 aliphatic carbocycles. The predicted molar refractivity (Wildman–Crippen MR) is 109 cm³/mol. The van der Waals surface area contributed by atoms with E-state index in [-0.39, 0.29) is 5.91 Å². The molecule has 0 spiro atoms. The fourth-order valence-corrected chi connectivity index (χ4v) is 2.34. The van der Waals surface area contributed by atoms with Gasteiger partial charge in [0.2, 0.25) is 6.41 Å². The van der Waals surface area contributed by atoms with Crippen molar-refractivity contribution in [2.24, 2.45) is 0 Å². The standard InChI is InChI=1S/C11H13ClN2.C9H10N2O3/c1-3-6-14-10-5-4-9(7-13)11(12)8(10)2;1-14-8-4-2-7(3-5-8)9(13)11-10-6-12/h4-5,14H,3,6H2,1-2H3;2-6H,1H3,(H,10,12)(H,11,13). The minimum absolute atomic E-state index is 0.375. The molecule has 0 atom stereocenters. The van der Waals surface area contributed by atoms with Gasteiger partial charge in [0.1, 0.15) is 11.8 Å². The molecule has 2 rings (SSSR count). The highest BCUT2D eigenvalue weighted by atomic mass is 35.5. The highest BCUT2D eigenvalue weighted by molar-refractivity contribution is 6.32. The SMILES string of the molecule is CCCNc1ccc(C#N)c(Cl)c1C.COc1ccc(C(=O)NNC=O)cc1. The Morgan fingerprint density at radius 2 is 1.93 bits per heavy atom. The number of amides is 2. The molecule has 3 N–H and O–H groups in total. The van der Waals surface area contributed by atoms with E-state index < -0.39 is 0 Å². The van der Waals surface area contributed by atoms with Crippen LogP contribution in [0.2, 0.25) is 5.02 Å². The molecule has 28 heavy (non-hydrogen) atoms. The van der Waals surface area contributed by atoms with Gasteiger partial charge in [-0.15, -0.1) is 0 Å². The molecular weight excluding hydrogens is 380 g/mol. The number of hydrogen-bond acceptors (Lipinski definition) is 5. The average Bonchev–Trinajstić information content (AvgIpc) is 2.73. The number of methoxy groups -OCH3 is 1. The molecule has 0 heterocycles. The van der Waals surface area contributed by atoms with Crippen molar-refractivity contribution in [1.82, 2.24) is 10.9 Å². The van der Waals surface area contributed by atoms with E-state index in [1.807, 2.05) is 13.0 Å². The van der Waals surface area contributed by atoms with Gasteiger partial charge in [-0.1, -0.05) is 18.5 Å². The number of nitriles is 1. The zero-order chi connectivity index (χ0) is 20.9. The highest BCUT2D eigenvalue weighted by Crippen LogP contribution is 2.26. The third kappa shape index (κ3) is 6.82. The van der Waals surface area contributed by atoms with Gasteiger partial charge in [-0.3, -0.25) is 20.4 Å². The fourth-order valence-electron chi connectivity index (χ4n) is 2.13. The molecule has 0 bridgehead atoms. The van der Waals surface area contributed by atoms with Crippen molar-refractivity contribution >= 4 is 29.6 Å². The summed E-state index contributed by atoms with van der Waals surface area (Å²) in [5.74, 6) is 0.296. The van der Waals surface area contributed by atoms with Crippen LogP contribution in [-0.4, -0.2) is 26.0 Å². The molecule has 0 unspecified atom stereocenters. The maximum Gasteiger partial charge on any atom is 0.269 e. The van der Waals surface area contributed by atoms with Gasteiger partial charge in [-0.25, -0.2) is 0 Å². The van der Waals surface area contributed by atoms with Gasteiger partial charge in [0, 0.05) is 17.8 Å². The number of nitrogens with zero attached hydrogens (tertiary/aromatic N) is 1. The number of ether oxygens (including phenoxy) is 1. The van der Waals surface area contributed by atoms with Crippen LogP contribution in [0.15, 0.2) is 36.4 Å². The van der Waals surface area contributed by atoms with Gasteiger partial charge >= 0.3 is 0 Å². The predicted octanol–water partition coefficient (Wildman–Crippen LogP) is 3.43. The Bertz CT molecular complexity index is 833. The van der Waals surface area contributed by atoms with Crippen LogP contribution < -0.4 is 20.9 Å². The van der Waals surface area contributed by atoms with Crippen molar-refractivity contribution in [1.29, 1.82) is 5.26 Å². The summed E-state index contributed by atoms with van der Waals surface area (Å²) < 4.78 is 4.93. The summed E-state index contributed by atoms with van der Waals surface area (Å²) >= 11 is 6.01. The summed E-state index contributed by atoms with van der Waals surface area (Å²) in [6.45, 7) is 4.94. The maximum absolute atomic E-state index is 11.2. The number of nitrogens with one attached hydrogen (secondary N) is 3. The molecule has 0 fully saturated rings. The van der Waals surface area contributed by atoms with Gasteiger partial charge in [0.15, 0.2) is 0 Å². The highest BCUT2D eigenvalue weighted by Gasteiger charge is 2.06. The second kappa shape index (κ2) is 12.2. The van der Waals surface area contributed by atoms with Crippen LogP contribution in [-0.2, 0) is 4.79 Å². The number of carbonyl (C=O) groups excluding carboxylic acids is 2. The summed E-state index contributed by atoms with van der Waals surface area (Å²) in [4.78, 5) is 21.1. The molecular formula is C20H23ClN4O3. The number of hydrazine groups is 1. The van der Waals surface area contributed by atoms with Gasteiger partial charge in [-0.05, 0) is 55.3 Å². The third-order valence-electron chi connectivity index (χ3n) is 3.67. The number of benzene rings is 2. The van der Waals surface area contributed by atoms with Crippen molar-refractivity contribution in [2.45, 2.75) is 20.3 Å². The van der Waals surface area contributed by atoms with E-state index in [0.29, 0.717) is 28.3 Å². The molecule has 0 radical (unpaired) electrons. The van der Waals surface area contributed by atoms with Crippen LogP contribution in [0.25, 0.3) is 0 Å². The van der Waals surface area contributed by atoms with Gasteiger partial charge in [-0.2, -0.15) is 5.26 Å². The monoisotopic (exact) mass is 402 g/mol. The van der Waals surface area contributed by atoms with Crippen molar-refractivity contribution < 1.29 is 14.3 Å². The minimum Gasteiger partial charge on any atom is -0.497 e. The van der Waals surface area contributed by atoms with E-state index in [1.54, 1.807) is 37.4 Å². The lowest BCUT2D eigenvalue weighted by molar-refractivity contribution is -0.110. The van der Waals surface area contributed by atoms with E-state index in [0.717, 1.165) is 24.2 Å². The summed E-state index contributed by atoms with van der Waals surface area (Å²) in [5, 5.41) is 12.6. The first-order valence-corrected chi connectivity index (χ1v) is 8.92. The Labute approximate surface area is 169 Å². The molecule has 0 saturated carbocycles. The maximum atomic E-state index is 11.2. The lowest BCUT2D eigenvalue weighted by atomic mass is 10.1. The summed E-state index contributed by atoms with van der Waals surface area (Å²) in [6, 6.07) is 12.2. The van der Waals surface area contributed by atoms with E-state index >= 15 is 0 Å². The molecule has 0 saturated heterocycles. The van der Waals surface area contributed by atoms with Gasteiger partial charge in [0.25, 0.3) is 5.91 Å². The second-order valence-electron chi connectivity index (χ2n) is 5.58. The van der Waals surface area contributed by atoms with Crippen molar-refractivity contribution in [2.75, 3.05) is 19.0 Å². The molecule has 0 aromatic heterocycles. The number of carbonyl (C=O) groups is 2. The Balaban J connectivity index is 0.000000280. The van der Waals surface area contributed by atoms with Crippen molar-refractivity contribution in [3.63, 3.8) is 0 Å². The summed E-state index contributed by atoms with van der Waals surface area (Å²) in [5.41, 5.74) is 7.18. The van der Waals surface area contributed by atoms with E-state index in [2.05, 4.69) is 29.2 Å². The number of anilines is 1. The topological polar surface area (TPSA) is 103 Å². The minimum atomic E-state index is -0.375. The zero-order valence-corrected chi connectivity index (χ0v) is 16.8. The first-order chi connectivity index (χ1) is 13.5. The Hall–Kier alpha value is -3.24. The van der Waals surface area contributed by atoms with Crippen LogP contribution in [0.3, 0.4) is 0 Å². The van der Waals surface area contributed by atoms with Crippen LogP contribution in [0.5, 0.6) is 5.75 Å². The lowest BCUT2D eigenvalue weighted by Crippen LogP contribution is -2.36.